The molecule has 1 aromatic heterocycles. The maximum Gasteiger partial charge on any atom is 0.337 e. The number of carbonyl (C=O) groups is 1. The lowest BCUT2D eigenvalue weighted by molar-refractivity contribution is 0.0696. The summed E-state index contributed by atoms with van der Waals surface area (Å²) in [5, 5.41) is 9.80. The molecule has 0 aliphatic heterocycles. The highest BCUT2D eigenvalue weighted by Gasteiger charge is 2.12. The minimum Gasteiger partial charge on any atom is -0.492 e. The maximum absolute atomic E-state index is 11.0. The Morgan fingerprint density at radius 1 is 1.25 bits per heavy atom. The average Bonchev–Trinajstić information content (AvgIpc) is 2.43. The maximum atomic E-state index is 11.0. The first kappa shape index (κ1) is 14.6. The largest absolute Gasteiger partial charge is 0.492 e. The Morgan fingerprint density at radius 3 is 2.65 bits per heavy atom. The van der Waals surface area contributed by atoms with Gasteiger partial charge in [0, 0.05) is 29.6 Å². The second-order valence-electron chi connectivity index (χ2n) is 3.96. The number of ether oxygens (including phenoxy) is 1. The van der Waals surface area contributed by atoms with Gasteiger partial charge in [0.25, 0.3) is 0 Å². The van der Waals surface area contributed by atoms with Gasteiger partial charge in [0.2, 0.25) is 0 Å². The highest BCUT2D eigenvalue weighted by molar-refractivity contribution is 6.36. The molecule has 104 valence electrons. The number of rotatable bonds is 4. The van der Waals surface area contributed by atoms with Gasteiger partial charge in [-0.05, 0) is 19.1 Å². The highest BCUT2D eigenvalue weighted by atomic mass is 35.5. The van der Waals surface area contributed by atoms with Crippen LogP contribution in [0, 0.1) is 0 Å². The summed E-state index contributed by atoms with van der Waals surface area (Å²) in [6.07, 6.45) is 2.81. The first-order valence-corrected chi connectivity index (χ1v) is 6.59. The van der Waals surface area contributed by atoms with Crippen molar-refractivity contribution in [2.45, 2.75) is 6.92 Å². The predicted molar refractivity (Wildman–Crippen MR) is 77.8 cm³/mol. The van der Waals surface area contributed by atoms with Crippen LogP contribution in [-0.2, 0) is 0 Å². The Balaban J connectivity index is 2.50. The Kier molecular flexibility index (Phi) is 4.47. The van der Waals surface area contributed by atoms with E-state index in [1.54, 1.807) is 12.1 Å². The van der Waals surface area contributed by atoms with Crippen molar-refractivity contribution in [3.05, 3.63) is 46.2 Å². The van der Waals surface area contributed by atoms with Crippen LogP contribution in [0.2, 0.25) is 10.0 Å². The molecule has 2 aromatic rings. The van der Waals surface area contributed by atoms with Crippen molar-refractivity contribution in [2.24, 2.45) is 0 Å². The third-order valence-corrected chi connectivity index (χ3v) is 3.23. The Morgan fingerprint density at radius 2 is 2.00 bits per heavy atom. The Labute approximate surface area is 125 Å². The summed E-state index contributed by atoms with van der Waals surface area (Å²) in [4.78, 5) is 14.9. The molecule has 20 heavy (non-hydrogen) atoms. The van der Waals surface area contributed by atoms with Crippen LogP contribution < -0.4 is 4.74 Å². The second kappa shape index (κ2) is 6.11. The van der Waals surface area contributed by atoms with E-state index in [4.69, 9.17) is 33.0 Å². The molecule has 1 aromatic carbocycles. The Hall–Kier alpha value is -1.78. The van der Waals surface area contributed by atoms with Crippen LogP contribution in [0.3, 0.4) is 0 Å². The van der Waals surface area contributed by atoms with Crippen LogP contribution >= 0.6 is 23.2 Å². The van der Waals surface area contributed by atoms with E-state index in [2.05, 4.69) is 4.98 Å². The number of halogens is 2. The minimum absolute atomic E-state index is 0.0866. The molecule has 0 fully saturated rings. The van der Waals surface area contributed by atoms with Crippen LogP contribution in [-0.4, -0.2) is 22.7 Å². The van der Waals surface area contributed by atoms with E-state index < -0.39 is 5.97 Å². The zero-order valence-electron chi connectivity index (χ0n) is 10.6. The second-order valence-corrected chi connectivity index (χ2v) is 4.78. The number of aromatic nitrogens is 1. The summed E-state index contributed by atoms with van der Waals surface area (Å²) in [5.41, 5.74) is 1.28. The number of nitrogens with zero attached hydrogens (tertiary/aromatic N) is 1. The van der Waals surface area contributed by atoms with E-state index in [1.807, 2.05) is 6.92 Å². The van der Waals surface area contributed by atoms with Crippen molar-refractivity contribution in [2.75, 3.05) is 6.61 Å². The number of carboxylic acids is 1. The molecule has 2 rings (SSSR count). The zero-order chi connectivity index (χ0) is 14.7. The molecule has 0 bridgehead atoms. The summed E-state index contributed by atoms with van der Waals surface area (Å²) in [6, 6.07) is 4.74. The van der Waals surface area contributed by atoms with E-state index in [9.17, 15) is 4.79 Å². The third kappa shape index (κ3) is 3.03. The highest BCUT2D eigenvalue weighted by Crippen LogP contribution is 2.36. The van der Waals surface area contributed by atoms with E-state index in [0.717, 1.165) is 0 Å². The molecule has 1 N–H and O–H groups in total. The van der Waals surface area contributed by atoms with Gasteiger partial charge in [0.05, 0.1) is 22.2 Å². The normalized spacial score (nSPS) is 10.3. The predicted octanol–water partition coefficient (Wildman–Crippen LogP) is 4.15. The van der Waals surface area contributed by atoms with Gasteiger partial charge < -0.3 is 9.84 Å². The first-order valence-electron chi connectivity index (χ1n) is 5.83. The summed E-state index contributed by atoms with van der Waals surface area (Å²) in [7, 11) is 0. The van der Waals surface area contributed by atoms with Crippen LogP contribution in [0.4, 0.5) is 0 Å². The molecule has 0 atom stereocenters. The molecule has 4 nitrogen and oxygen atoms in total. The van der Waals surface area contributed by atoms with Crippen molar-refractivity contribution in [1.82, 2.24) is 4.98 Å². The molecule has 0 aliphatic rings. The van der Waals surface area contributed by atoms with Crippen molar-refractivity contribution in [1.29, 1.82) is 0 Å². The van der Waals surface area contributed by atoms with Crippen molar-refractivity contribution in [3.8, 4) is 16.9 Å². The fraction of sp³-hybridized carbons (Fsp3) is 0.143. The summed E-state index contributed by atoms with van der Waals surface area (Å²) >= 11 is 12.3. The smallest absolute Gasteiger partial charge is 0.337 e. The molecule has 0 radical (unpaired) electrons. The number of hydrogen-bond acceptors (Lipinski definition) is 3. The van der Waals surface area contributed by atoms with E-state index in [-0.39, 0.29) is 5.56 Å². The number of aromatic carboxylic acids is 1. The molecule has 0 unspecified atom stereocenters. The molecule has 0 saturated carbocycles. The van der Waals surface area contributed by atoms with Crippen LogP contribution in [0.1, 0.15) is 17.3 Å². The molecule has 6 heteroatoms. The van der Waals surface area contributed by atoms with Gasteiger partial charge in [-0.3, -0.25) is 4.98 Å². The standard InChI is InChI=1S/C14H11Cl2NO3/c1-2-20-13-5-11(15)10(4-12(13)16)8-3-9(14(18)19)7-17-6-8/h3-7H,2H2,1H3,(H,18,19). The van der Waals surface area contributed by atoms with Crippen molar-refractivity contribution >= 4 is 29.2 Å². The minimum atomic E-state index is -1.05. The quantitative estimate of drug-likeness (QED) is 0.921. The summed E-state index contributed by atoms with van der Waals surface area (Å²) < 4.78 is 5.34. The van der Waals surface area contributed by atoms with Gasteiger partial charge in [-0.25, -0.2) is 4.79 Å². The first-order chi connectivity index (χ1) is 9.52. The molecule has 0 saturated heterocycles. The number of hydrogen-bond donors (Lipinski definition) is 1. The van der Waals surface area contributed by atoms with E-state index in [0.29, 0.717) is 33.5 Å². The van der Waals surface area contributed by atoms with E-state index in [1.165, 1.54) is 18.5 Å². The lowest BCUT2D eigenvalue weighted by Gasteiger charge is -2.10. The summed E-state index contributed by atoms with van der Waals surface area (Å²) in [6.45, 7) is 2.32. The fourth-order valence-corrected chi connectivity index (χ4v) is 2.20. The molecule has 0 amide bonds. The number of carboxylic acid groups (broad SMARTS) is 1. The van der Waals surface area contributed by atoms with Gasteiger partial charge in [0.1, 0.15) is 5.75 Å². The van der Waals surface area contributed by atoms with Gasteiger partial charge in [-0.1, -0.05) is 23.2 Å². The van der Waals surface area contributed by atoms with Crippen molar-refractivity contribution in [3.63, 3.8) is 0 Å². The third-order valence-electron chi connectivity index (χ3n) is 2.62. The molecule has 0 spiro atoms. The van der Waals surface area contributed by atoms with Crippen LogP contribution in [0.25, 0.3) is 11.1 Å². The lowest BCUT2D eigenvalue weighted by atomic mass is 10.1. The lowest BCUT2D eigenvalue weighted by Crippen LogP contribution is -1.98. The topological polar surface area (TPSA) is 59.4 Å². The summed E-state index contributed by atoms with van der Waals surface area (Å²) in [5.74, 6) is -0.558. The van der Waals surface area contributed by atoms with E-state index >= 15 is 0 Å². The van der Waals surface area contributed by atoms with Crippen LogP contribution in [0.5, 0.6) is 5.75 Å². The average molecular weight is 312 g/mol. The van der Waals surface area contributed by atoms with Gasteiger partial charge in [-0.15, -0.1) is 0 Å². The SMILES string of the molecule is CCOc1cc(Cl)c(-c2cncc(C(=O)O)c2)cc1Cl. The molecule has 0 aliphatic carbocycles. The molecular formula is C14H11Cl2NO3. The van der Waals surface area contributed by atoms with Gasteiger partial charge in [0.15, 0.2) is 0 Å². The zero-order valence-corrected chi connectivity index (χ0v) is 12.1. The van der Waals surface area contributed by atoms with Crippen molar-refractivity contribution < 1.29 is 14.6 Å². The fourth-order valence-electron chi connectivity index (χ4n) is 1.72. The molecule has 1 heterocycles. The Bertz CT molecular complexity index is 659. The van der Waals surface area contributed by atoms with Gasteiger partial charge in [-0.2, -0.15) is 0 Å². The van der Waals surface area contributed by atoms with Gasteiger partial charge >= 0.3 is 5.97 Å². The van der Waals surface area contributed by atoms with Crippen LogP contribution in [0.15, 0.2) is 30.6 Å². The molecular weight excluding hydrogens is 301 g/mol. The number of pyridine rings is 1. The monoisotopic (exact) mass is 311 g/mol. The number of benzene rings is 1.